The highest BCUT2D eigenvalue weighted by atomic mass is 15.3. The highest BCUT2D eigenvalue weighted by Crippen LogP contribution is 2.22. The number of nitrogens with one attached hydrogen (secondary N) is 1. The molecule has 1 aromatic carbocycles. The topological polar surface area (TPSA) is 85.0 Å². The van der Waals surface area contributed by atoms with Gasteiger partial charge in [-0.3, -0.25) is 10.00 Å². The van der Waals surface area contributed by atoms with Gasteiger partial charge in [0.1, 0.15) is 17.5 Å². The Kier molecular flexibility index (Phi) is 4.79. The van der Waals surface area contributed by atoms with E-state index in [1.165, 1.54) is 12.0 Å². The van der Waals surface area contributed by atoms with Gasteiger partial charge in [0.2, 0.25) is 0 Å². The maximum atomic E-state index is 9.17. The van der Waals surface area contributed by atoms with E-state index in [1.54, 1.807) is 0 Å². The normalized spacial score (nSPS) is 15.5. The molecule has 0 spiro atoms. The van der Waals surface area contributed by atoms with Gasteiger partial charge >= 0.3 is 0 Å². The number of nitriles is 1. The molecule has 0 saturated carbocycles. The molecule has 0 atom stereocenters. The van der Waals surface area contributed by atoms with Crippen molar-refractivity contribution in [2.45, 2.75) is 12.8 Å². The third kappa shape index (κ3) is 3.63. The molecular weight excluding hydrogens is 288 g/mol. The van der Waals surface area contributed by atoms with Gasteiger partial charge in [0.15, 0.2) is 5.82 Å². The van der Waals surface area contributed by atoms with E-state index in [0.29, 0.717) is 5.56 Å². The Hall–Kier alpha value is -2.52. The summed E-state index contributed by atoms with van der Waals surface area (Å²) in [6.07, 6.45) is 2.29. The molecule has 3 N–H and O–H groups in total. The number of hydrogen-bond acceptors (Lipinski definition) is 5. The van der Waals surface area contributed by atoms with Crippen LogP contribution in [0.4, 0.5) is 11.6 Å². The first-order valence-electron chi connectivity index (χ1n) is 8.03. The van der Waals surface area contributed by atoms with E-state index in [1.807, 2.05) is 0 Å². The molecule has 0 bridgehead atoms. The minimum absolute atomic E-state index is 0.285. The highest BCUT2D eigenvalue weighted by molar-refractivity contribution is 5.64. The predicted molar refractivity (Wildman–Crippen MR) is 91.1 cm³/mol. The van der Waals surface area contributed by atoms with Gasteiger partial charge in [-0.15, -0.1) is 0 Å². The van der Waals surface area contributed by atoms with Crippen molar-refractivity contribution in [2.24, 2.45) is 0 Å². The lowest BCUT2D eigenvalue weighted by Crippen LogP contribution is -2.47. The highest BCUT2D eigenvalue weighted by Gasteiger charge is 2.22. The number of nitrogens with two attached hydrogens (primary N) is 1. The van der Waals surface area contributed by atoms with Crippen LogP contribution in [0.15, 0.2) is 30.3 Å². The molecule has 2 heterocycles. The van der Waals surface area contributed by atoms with Gasteiger partial charge in [0.25, 0.3) is 0 Å². The standard InChI is InChI=1S/C17H22N6/c18-13-15-16(19)20-21-17(15)23-11-9-22(10-12-23)8-4-7-14-5-2-1-3-6-14/h1-3,5-6H,4,7-12H2,(H3,19,20,21). The van der Waals surface area contributed by atoms with Crippen molar-refractivity contribution in [3.8, 4) is 6.07 Å². The summed E-state index contributed by atoms with van der Waals surface area (Å²) in [5.74, 6) is 1.04. The summed E-state index contributed by atoms with van der Waals surface area (Å²) in [4.78, 5) is 4.64. The molecule has 0 aliphatic carbocycles. The number of anilines is 2. The second-order valence-electron chi connectivity index (χ2n) is 5.86. The Morgan fingerprint density at radius 2 is 1.91 bits per heavy atom. The molecule has 23 heavy (non-hydrogen) atoms. The number of piperazine rings is 1. The van der Waals surface area contributed by atoms with Crippen LogP contribution in [0.2, 0.25) is 0 Å². The van der Waals surface area contributed by atoms with Crippen molar-refractivity contribution in [2.75, 3.05) is 43.4 Å². The van der Waals surface area contributed by atoms with Crippen LogP contribution in [-0.2, 0) is 6.42 Å². The van der Waals surface area contributed by atoms with E-state index < -0.39 is 0 Å². The molecule has 1 aromatic heterocycles. The number of rotatable bonds is 5. The molecule has 2 aromatic rings. The summed E-state index contributed by atoms with van der Waals surface area (Å²) in [6.45, 7) is 4.89. The van der Waals surface area contributed by atoms with Crippen molar-refractivity contribution >= 4 is 11.6 Å². The summed E-state index contributed by atoms with van der Waals surface area (Å²) < 4.78 is 0. The van der Waals surface area contributed by atoms with Crippen LogP contribution in [0, 0.1) is 11.3 Å². The second kappa shape index (κ2) is 7.16. The van der Waals surface area contributed by atoms with E-state index >= 15 is 0 Å². The zero-order valence-corrected chi connectivity index (χ0v) is 13.2. The fourth-order valence-corrected chi connectivity index (χ4v) is 3.03. The van der Waals surface area contributed by atoms with Crippen LogP contribution in [-0.4, -0.2) is 47.8 Å². The minimum atomic E-state index is 0.285. The molecule has 1 aliphatic rings. The SMILES string of the molecule is N#Cc1c(N)n[nH]c1N1CCN(CCCc2ccccc2)CC1. The summed E-state index contributed by atoms with van der Waals surface area (Å²) >= 11 is 0. The molecule has 1 saturated heterocycles. The van der Waals surface area contributed by atoms with Crippen molar-refractivity contribution in [1.29, 1.82) is 5.26 Å². The van der Waals surface area contributed by atoms with E-state index in [0.717, 1.165) is 45.0 Å². The van der Waals surface area contributed by atoms with Crippen molar-refractivity contribution in [3.63, 3.8) is 0 Å². The molecule has 3 rings (SSSR count). The average molecular weight is 310 g/mol. The Morgan fingerprint density at radius 1 is 1.17 bits per heavy atom. The Labute approximate surface area is 136 Å². The van der Waals surface area contributed by atoms with Crippen molar-refractivity contribution in [1.82, 2.24) is 15.1 Å². The van der Waals surface area contributed by atoms with Crippen LogP contribution in [0.5, 0.6) is 0 Å². The van der Waals surface area contributed by atoms with Crippen LogP contribution in [0.1, 0.15) is 17.5 Å². The van der Waals surface area contributed by atoms with Gasteiger partial charge in [-0.25, -0.2) is 0 Å². The maximum Gasteiger partial charge on any atom is 0.165 e. The fourth-order valence-electron chi connectivity index (χ4n) is 3.03. The maximum absolute atomic E-state index is 9.17. The number of aromatic amines is 1. The van der Waals surface area contributed by atoms with Crippen molar-refractivity contribution in [3.05, 3.63) is 41.5 Å². The van der Waals surface area contributed by atoms with Gasteiger partial charge in [-0.1, -0.05) is 30.3 Å². The van der Waals surface area contributed by atoms with Gasteiger partial charge < -0.3 is 10.6 Å². The number of benzene rings is 1. The lowest BCUT2D eigenvalue weighted by atomic mass is 10.1. The van der Waals surface area contributed by atoms with E-state index in [-0.39, 0.29) is 5.82 Å². The molecule has 120 valence electrons. The van der Waals surface area contributed by atoms with E-state index in [2.05, 4.69) is 56.4 Å². The number of aromatic nitrogens is 2. The summed E-state index contributed by atoms with van der Waals surface area (Å²) in [5.41, 5.74) is 7.57. The predicted octanol–water partition coefficient (Wildman–Crippen LogP) is 1.62. The van der Waals surface area contributed by atoms with Crippen LogP contribution < -0.4 is 10.6 Å². The minimum Gasteiger partial charge on any atom is -0.381 e. The van der Waals surface area contributed by atoms with Gasteiger partial charge in [0.05, 0.1) is 0 Å². The largest absolute Gasteiger partial charge is 0.381 e. The van der Waals surface area contributed by atoms with Gasteiger partial charge in [-0.2, -0.15) is 10.4 Å². The monoisotopic (exact) mass is 310 g/mol. The third-order valence-corrected chi connectivity index (χ3v) is 4.36. The van der Waals surface area contributed by atoms with Gasteiger partial charge in [-0.05, 0) is 24.9 Å². The lowest BCUT2D eigenvalue weighted by molar-refractivity contribution is 0.254. The smallest absolute Gasteiger partial charge is 0.165 e. The van der Waals surface area contributed by atoms with Crippen LogP contribution in [0.3, 0.4) is 0 Å². The molecule has 6 nitrogen and oxygen atoms in total. The Morgan fingerprint density at radius 3 is 2.61 bits per heavy atom. The van der Waals surface area contributed by atoms with E-state index in [9.17, 15) is 0 Å². The Bertz CT molecular complexity index is 664. The van der Waals surface area contributed by atoms with E-state index in [4.69, 9.17) is 11.0 Å². The molecule has 0 amide bonds. The molecule has 0 radical (unpaired) electrons. The number of nitrogen functional groups attached to an aromatic ring is 1. The summed E-state index contributed by atoms with van der Waals surface area (Å²) in [7, 11) is 0. The number of H-pyrrole nitrogens is 1. The molecule has 0 unspecified atom stereocenters. The molecule has 1 fully saturated rings. The van der Waals surface area contributed by atoms with Crippen LogP contribution in [0.25, 0.3) is 0 Å². The fraction of sp³-hybridized carbons (Fsp3) is 0.412. The summed E-state index contributed by atoms with van der Waals surface area (Å²) in [6, 6.07) is 12.7. The molecular formula is C17H22N6. The zero-order chi connectivity index (χ0) is 16.1. The first kappa shape index (κ1) is 15.4. The number of hydrogen-bond donors (Lipinski definition) is 2. The first-order chi connectivity index (χ1) is 11.3. The number of nitrogens with zero attached hydrogens (tertiary/aromatic N) is 4. The zero-order valence-electron chi connectivity index (χ0n) is 13.2. The average Bonchev–Trinajstić information content (AvgIpc) is 2.97. The molecule has 1 aliphatic heterocycles. The van der Waals surface area contributed by atoms with Crippen LogP contribution >= 0.6 is 0 Å². The quantitative estimate of drug-likeness (QED) is 0.876. The second-order valence-corrected chi connectivity index (χ2v) is 5.86. The third-order valence-electron chi connectivity index (χ3n) is 4.36. The summed E-state index contributed by atoms with van der Waals surface area (Å²) in [5, 5.41) is 16.0. The Balaban J connectivity index is 1.46. The molecule has 6 heteroatoms. The van der Waals surface area contributed by atoms with Crippen molar-refractivity contribution < 1.29 is 0 Å². The van der Waals surface area contributed by atoms with Gasteiger partial charge in [0, 0.05) is 26.2 Å². The lowest BCUT2D eigenvalue weighted by Gasteiger charge is -2.35. The number of aryl methyl sites for hydroxylation is 1. The first-order valence-corrected chi connectivity index (χ1v) is 8.03.